The zero-order valence-electron chi connectivity index (χ0n) is 17.9. The predicted molar refractivity (Wildman–Crippen MR) is 122 cm³/mol. The van der Waals surface area contributed by atoms with Gasteiger partial charge in [0.2, 0.25) is 11.8 Å². The number of benzene rings is 2. The molecule has 2 aromatic rings. The molecule has 2 rings (SSSR count). The lowest BCUT2D eigenvalue weighted by molar-refractivity contribution is -0.138. The highest BCUT2D eigenvalue weighted by atomic mass is 32.2. The number of carbonyl (C=O) groups excluding carboxylic acids is 2. The van der Waals surface area contributed by atoms with Crippen LogP contribution < -0.4 is 5.32 Å². The van der Waals surface area contributed by atoms with Crippen molar-refractivity contribution < 1.29 is 9.59 Å². The molecule has 0 aromatic heterocycles. The van der Waals surface area contributed by atoms with Crippen LogP contribution in [0, 0.1) is 13.8 Å². The molecule has 0 aliphatic rings. The molecular weight excluding hydrogens is 380 g/mol. The van der Waals surface area contributed by atoms with Gasteiger partial charge in [0.1, 0.15) is 6.04 Å². The molecule has 156 valence electrons. The van der Waals surface area contributed by atoms with Crippen molar-refractivity contribution in [2.24, 2.45) is 0 Å². The molecule has 0 saturated carbocycles. The maximum absolute atomic E-state index is 13.0. The Morgan fingerprint density at radius 1 is 1.03 bits per heavy atom. The van der Waals surface area contributed by atoms with Crippen molar-refractivity contribution in [3.63, 3.8) is 0 Å². The average Bonchev–Trinajstić information content (AvgIpc) is 2.71. The summed E-state index contributed by atoms with van der Waals surface area (Å²) in [6.45, 7) is 8.98. The van der Waals surface area contributed by atoms with Crippen molar-refractivity contribution in [2.45, 2.75) is 52.5 Å². The van der Waals surface area contributed by atoms with E-state index < -0.39 is 6.04 Å². The molecule has 2 aromatic carbocycles. The molecule has 0 saturated heterocycles. The Bertz CT molecular complexity index is 805. The molecule has 2 amide bonds. The van der Waals surface area contributed by atoms with Gasteiger partial charge in [-0.05, 0) is 38.3 Å². The second kappa shape index (κ2) is 11.7. The Balaban J connectivity index is 2.04. The van der Waals surface area contributed by atoms with Crippen LogP contribution in [0.5, 0.6) is 0 Å². The molecule has 0 heterocycles. The van der Waals surface area contributed by atoms with Crippen LogP contribution >= 0.6 is 11.8 Å². The summed E-state index contributed by atoms with van der Waals surface area (Å²) < 4.78 is 0. The first-order chi connectivity index (χ1) is 13.9. The summed E-state index contributed by atoms with van der Waals surface area (Å²) >= 11 is 1.59. The quantitative estimate of drug-likeness (QED) is 0.626. The van der Waals surface area contributed by atoms with Gasteiger partial charge in [-0.3, -0.25) is 9.59 Å². The summed E-state index contributed by atoms with van der Waals surface area (Å²) in [4.78, 5) is 27.2. The number of aryl methyl sites for hydroxylation is 2. The molecule has 1 N–H and O–H groups in total. The average molecular weight is 413 g/mol. The number of amides is 2. The van der Waals surface area contributed by atoms with Crippen molar-refractivity contribution in [3.8, 4) is 0 Å². The molecular formula is C24H32N2O2S. The molecule has 0 radical (unpaired) electrons. The highest BCUT2D eigenvalue weighted by molar-refractivity contribution is 7.99. The van der Waals surface area contributed by atoms with Crippen molar-refractivity contribution in [1.82, 2.24) is 10.2 Å². The van der Waals surface area contributed by atoms with Gasteiger partial charge in [-0.25, -0.2) is 0 Å². The molecule has 0 spiro atoms. The number of hydrogen-bond donors (Lipinski definition) is 1. The minimum atomic E-state index is -0.505. The normalized spacial score (nSPS) is 11.7. The molecule has 0 fully saturated rings. The van der Waals surface area contributed by atoms with Gasteiger partial charge >= 0.3 is 0 Å². The monoisotopic (exact) mass is 412 g/mol. The summed E-state index contributed by atoms with van der Waals surface area (Å²) in [6, 6.07) is 15.9. The van der Waals surface area contributed by atoms with E-state index in [1.54, 1.807) is 16.7 Å². The zero-order valence-corrected chi connectivity index (χ0v) is 18.7. The smallest absolute Gasteiger partial charge is 0.242 e. The van der Waals surface area contributed by atoms with E-state index in [0.717, 1.165) is 23.3 Å². The lowest BCUT2D eigenvalue weighted by atomic mass is 10.1. The first-order valence-electron chi connectivity index (χ1n) is 10.2. The van der Waals surface area contributed by atoms with Crippen LogP contribution in [0.3, 0.4) is 0 Å². The SMILES string of the molecule is CCCNC(=O)[C@H](C)N(Cc1cccc(C)c1)C(=O)CSCc1ccc(C)cc1. The molecule has 0 unspecified atom stereocenters. The first kappa shape index (κ1) is 23.0. The zero-order chi connectivity index (χ0) is 21.2. The second-order valence-corrected chi connectivity index (χ2v) is 8.44. The highest BCUT2D eigenvalue weighted by Crippen LogP contribution is 2.17. The summed E-state index contributed by atoms with van der Waals surface area (Å²) in [6.07, 6.45) is 0.872. The first-order valence-corrected chi connectivity index (χ1v) is 11.3. The fourth-order valence-corrected chi connectivity index (χ4v) is 3.88. The lowest BCUT2D eigenvalue weighted by Gasteiger charge is -2.29. The molecule has 4 nitrogen and oxygen atoms in total. The van der Waals surface area contributed by atoms with Gasteiger partial charge < -0.3 is 10.2 Å². The predicted octanol–water partition coefficient (Wildman–Crippen LogP) is 4.48. The highest BCUT2D eigenvalue weighted by Gasteiger charge is 2.25. The van der Waals surface area contributed by atoms with Crippen molar-refractivity contribution in [1.29, 1.82) is 0 Å². The van der Waals surface area contributed by atoms with Gasteiger partial charge in [0.15, 0.2) is 0 Å². The molecule has 0 bridgehead atoms. The van der Waals surface area contributed by atoms with Gasteiger partial charge in [-0.2, -0.15) is 0 Å². The number of carbonyl (C=O) groups is 2. The van der Waals surface area contributed by atoms with Gasteiger partial charge in [0, 0.05) is 18.8 Å². The fraction of sp³-hybridized carbons (Fsp3) is 0.417. The van der Waals surface area contributed by atoms with Crippen LogP contribution in [0.2, 0.25) is 0 Å². The fourth-order valence-electron chi connectivity index (χ4n) is 3.01. The second-order valence-electron chi connectivity index (χ2n) is 7.46. The van der Waals surface area contributed by atoms with Gasteiger partial charge in [0.25, 0.3) is 0 Å². The molecule has 29 heavy (non-hydrogen) atoms. The van der Waals surface area contributed by atoms with Crippen LogP contribution in [0.15, 0.2) is 48.5 Å². The van der Waals surface area contributed by atoms with E-state index in [1.807, 2.05) is 39.0 Å². The van der Waals surface area contributed by atoms with E-state index in [9.17, 15) is 9.59 Å². The third-order valence-corrected chi connectivity index (χ3v) is 5.76. The van der Waals surface area contributed by atoms with Crippen molar-refractivity contribution in [2.75, 3.05) is 12.3 Å². The van der Waals surface area contributed by atoms with Crippen LogP contribution in [-0.4, -0.2) is 35.1 Å². The molecule has 0 aliphatic carbocycles. The van der Waals surface area contributed by atoms with E-state index in [2.05, 4.69) is 42.6 Å². The minimum Gasteiger partial charge on any atom is -0.354 e. The lowest BCUT2D eigenvalue weighted by Crippen LogP contribution is -2.48. The maximum Gasteiger partial charge on any atom is 0.242 e. The van der Waals surface area contributed by atoms with Crippen LogP contribution in [-0.2, 0) is 21.9 Å². The van der Waals surface area contributed by atoms with E-state index >= 15 is 0 Å². The van der Waals surface area contributed by atoms with E-state index in [0.29, 0.717) is 18.8 Å². The Kier molecular flexibility index (Phi) is 9.26. The van der Waals surface area contributed by atoms with Crippen molar-refractivity contribution >= 4 is 23.6 Å². The number of nitrogens with zero attached hydrogens (tertiary/aromatic N) is 1. The summed E-state index contributed by atoms with van der Waals surface area (Å²) in [5.41, 5.74) is 4.61. The number of nitrogens with one attached hydrogen (secondary N) is 1. The van der Waals surface area contributed by atoms with E-state index in [1.165, 1.54) is 11.1 Å². The topological polar surface area (TPSA) is 49.4 Å². The van der Waals surface area contributed by atoms with Crippen LogP contribution in [0.25, 0.3) is 0 Å². The molecule has 0 aliphatic heterocycles. The van der Waals surface area contributed by atoms with Crippen LogP contribution in [0.4, 0.5) is 0 Å². The number of thioether (sulfide) groups is 1. The summed E-state index contributed by atoms with van der Waals surface area (Å²) in [5.74, 6) is 1.02. The molecule has 5 heteroatoms. The van der Waals surface area contributed by atoms with Gasteiger partial charge in [-0.15, -0.1) is 11.8 Å². The van der Waals surface area contributed by atoms with Crippen LogP contribution in [0.1, 0.15) is 42.5 Å². The maximum atomic E-state index is 13.0. The number of rotatable bonds is 10. The van der Waals surface area contributed by atoms with E-state index in [-0.39, 0.29) is 11.8 Å². The Labute approximate surface area is 179 Å². The standard InChI is InChI=1S/C24H32N2O2S/c1-5-13-25-24(28)20(4)26(15-22-8-6-7-19(3)14-22)23(27)17-29-16-21-11-9-18(2)10-12-21/h6-12,14,20H,5,13,15-17H2,1-4H3,(H,25,28)/t20-/m0/s1. The minimum absolute atomic E-state index is 0.0113. The Morgan fingerprint density at radius 2 is 1.76 bits per heavy atom. The summed E-state index contributed by atoms with van der Waals surface area (Å²) in [7, 11) is 0. The van der Waals surface area contributed by atoms with Crippen molar-refractivity contribution in [3.05, 3.63) is 70.8 Å². The van der Waals surface area contributed by atoms with E-state index in [4.69, 9.17) is 0 Å². The summed E-state index contributed by atoms with van der Waals surface area (Å²) in [5, 5.41) is 2.91. The third-order valence-electron chi connectivity index (χ3n) is 4.77. The third kappa shape index (κ3) is 7.58. The largest absolute Gasteiger partial charge is 0.354 e. The van der Waals surface area contributed by atoms with Gasteiger partial charge in [0.05, 0.1) is 5.75 Å². The molecule has 1 atom stereocenters. The number of hydrogen-bond acceptors (Lipinski definition) is 3. The van der Waals surface area contributed by atoms with Gasteiger partial charge in [-0.1, -0.05) is 66.6 Å². The Hall–Kier alpha value is -2.27. The Morgan fingerprint density at radius 3 is 2.41 bits per heavy atom.